The van der Waals surface area contributed by atoms with Crippen molar-refractivity contribution < 1.29 is 9.53 Å². The Morgan fingerprint density at radius 1 is 1.38 bits per heavy atom. The van der Waals surface area contributed by atoms with Crippen molar-refractivity contribution in [2.45, 2.75) is 25.0 Å². The zero-order valence-corrected chi connectivity index (χ0v) is 10.4. The second kappa shape index (κ2) is 5.02. The van der Waals surface area contributed by atoms with Crippen LogP contribution in [0.5, 0.6) is 0 Å². The second-order valence-corrected chi connectivity index (χ2v) is 5.58. The molecule has 1 heterocycles. The molecule has 1 fully saturated rings. The lowest BCUT2D eigenvalue weighted by atomic mass is 9.98. The van der Waals surface area contributed by atoms with Crippen LogP contribution in [0.3, 0.4) is 0 Å². The van der Waals surface area contributed by atoms with Gasteiger partial charge in [-0.15, -0.1) is 0 Å². The number of hydrogen-bond acceptors (Lipinski definition) is 3. The average molecular weight is 236 g/mol. The van der Waals surface area contributed by atoms with Crippen LogP contribution in [0, 0.1) is 0 Å². The first-order valence-corrected chi connectivity index (χ1v) is 6.44. The van der Waals surface area contributed by atoms with Crippen LogP contribution in [0.1, 0.15) is 35.7 Å². The van der Waals surface area contributed by atoms with Crippen molar-refractivity contribution in [1.29, 1.82) is 0 Å². The maximum Gasteiger partial charge on any atom is 0.220 e. The molecular weight excluding hydrogens is 220 g/mol. The van der Waals surface area contributed by atoms with Crippen molar-refractivity contribution in [3.05, 3.63) is 35.4 Å². The third-order valence-corrected chi connectivity index (χ3v) is 3.72. The van der Waals surface area contributed by atoms with Gasteiger partial charge < -0.3 is 4.74 Å². The molecule has 2 rings (SSSR count). The van der Waals surface area contributed by atoms with Crippen LogP contribution in [0.2, 0.25) is 0 Å². The van der Waals surface area contributed by atoms with Crippen molar-refractivity contribution in [1.82, 2.24) is 0 Å². The molecule has 0 radical (unpaired) electrons. The number of rotatable bonds is 3. The van der Waals surface area contributed by atoms with Gasteiger partial charge in [0.2, 0.25) is 5.12 Å². The topological polar surface area (TPSA) is 26.3 Å². The van der Waals surface area contributed by atoms with Gasteiger partial charge in [0.25, 0.3) is 0 Å². The number of benzene rings is 1. The quantitative estimate of drug-likeness (QED) is 0.806. The molecule has 2 nitrogen and oxygen atoms in total. The van der Waals surface area contributed by atoms with Gasteiger partial charge in [-0.25, -0.2) is 0 Å². The lowest BCUT2D eigenvalue weighted by Gasteiger charge is -2.24. The Labute approximate surface area is 100 Å². The first kappa shape index (κ1) is 11.7. The van der Waals surface area contributed by atoms with Crippen LogP contribution in [-0.4, -0.2) is 23.6 Å². The van der Waals surface area contributed by atoms with Gasteiger partial charge >= 0.3 is 0 Å². The summed E-state index contributed by atoms with van der Waals surface area (Å²) in [4.78, 5) is 12.1. The first-order valence-electron chi connectivity index (χ1n) is 5.56. The molecule has 3 heteroatoms. The van der Waals surface area contributed by atoms with Crippen molar-refractivity contribution in [2.75, 3.05) is 13.2 Å². The van der Waals surface area contributed by atoms with Crippen LogP contribution in [0.15, 0.2) is 24.3 Å². The van der Waals surface area contributed by atoms with Gasteiger partial charge in [0.1, 0.15) is 0 Å². The molecule has 0 amide bonds. The van der Waals surface area contributed by atoms with E-state index in [4.69, 9.17) is 4.74 Å². The van der Waals surface area contributed by atoms with Crippen molar-refractivity contribution >= 4 is 16.9 Å². The summed E-state index contributed by atoms with van der Waals surface area (Å²) in [6.45, 7) is 5.65. The van der Waals surface area contributed by atoms with E-state index >= 15 is 0 Å². The lowest BCUT2D eigenvalue weighted by Crippen LogP contribution is -2.31. The fourth-order valence-electron chi connectivity index (χ4n) is 1.68. The van der Waals surface area contributed by atoms with E-state index in [0.29, 0.717) is 24.4 Å². The minimum Gasteiger partial charge on any atom is -0.379 e. The predicted octanol–water partition coefficient (Wildman–Crippen LogP) is 3.08. The molecule has 0 aliphatic carbocycles. The zero-order valence-electron chi connectivity index (χ0n) is 9.60. The molecule has 1 aliphatic rings. The monoisotopic (exact) mass is 236 g/mol. The Kier molecular flexibility index (Phi) is 3.66. The fourth-order valence-corrected chi connectivity index (χ4v) is 2.63. The highest BCUT2D eigenvalue weighted by atomic mass is 32.2. The van der Waals surface area contributed by atoms with Gasteiger partial charge in [-0.1, -0.05) is 49.9 Å². The summed E-state index contributed by atoms with van der Waals surface area (Å²) in [7, 11) is 0. The van der Waals surface area contributed by atoms with E-state index in [0.717, 1.165) is 11.1 Å². The third kappa shape index (κ3) is 2.47. The molecule has 0 spiro atoms. The van der Waals surface area contributed by atoms with E-state index in [1.165, 1.54) is 11.8 Å². The van der Waals surface area contributed by atoms with Gasteiger partial charge in [-0.05, 0) is 11.5 Å². The Morgan fingerprint density at radius 2 is 2.06 bits per heavy atom. The number of thioether (sulfide) groups is 1. The average Bonchev–Trinajstić information content (AvgIpc) is 2.23. The number of hydrogen-bond donors (Lipinski definition) is 0. The molecule has 1 aromatic carbocycles. The Bertz CT molecular complexity index is 383. The smallest absolute Gasteiger partial charge is 0.220 e. The summed E-state index contributed by atoms with van der Waals surface area (Å²) in [6, 6.07) is 7.88. The van der Waals surface area contributed by atoms with Crippen LogP contribution >= 0.6 is 11.8 Å². The van der Waals surface area contributed by atoms with E-state index in [1.54, 1.807) is 0 Å². The normalized spacial score (nSPS) is 16.2. The zero-order chi connectivity index (χ0) is 11.5. The van der Waals surface area contributed by atoms with E-state index in [1.807, 2.05) is 24.3 Å². The molecule has 1 saturated heterocycles. The van der Waals surface area contributed by atoms with E-state index in [2.05, 4.69) is 13.8 Å². The molecule has 0 saturated carbocycles. The van der Waals surface area contributed by atoms with Crippen molar-refractivity contribution in [3.63, 3.8) is 0 Å². The maximum absolute atomic E-state index is 12.1. The molecule has 0 atom stereocenters. The van der Waals surface area contributed by atoms with Gasteiger partial charge in [0, 0.05) is 5.56 Å². The van der Waals surface area contributed by atoms with Crippen molar-refractivity contribution in [2.24, 2.45) is 0 Å². The van der Waals surface area contributed by atoms with E-state index in [-0.39, 0.29) is 5.12 Å². The van der Waals surface area contributed by atoms with Gasteiger partial charge in [-0.2, -0.15) is 0 Å². The van der Waals surface area contributed by atoms with Gasteiger partial charge in [0.15, 0.2) is 0 Å². The summed E-state index contributed by atoms with van der Waals surface area (Å²) in [6.07, 6.45) is 0. The summed E-state index contributed by atoms with van der Waals surface area (Å²) in [5.74, 6) is 0.387. The molecule has 1 aliphatic heterocycles. The van der Waals surface area contributed by atoms with Gasteiger partial charge in [-0.3, -0.25) is 4.79 Å². The number of ether oxygens (including phenoxy) is 1. The Balaban J connectivity index is 2.14. The molecule has 0 unspecified atom stereocenters. The van der Waals surface area contributed by atoms with Crippen LogP contribution in [0.25, 0.3) is 0 Å². The highest BCUT2D eigenvalue weighted by Crippen LogP contribution is 2.27. The fraction of sp³-hybridized carbons (Fsp3) is 0.462. The van der Waals surface area contributed by atoms with E-state index < -0.39 is 0 Å². The minimum atomic E-state index is 0.178. The summed E-state index contributed by atoms with van der Waals surface area (Å²) in [5, 5.41) is 0.533. The molecule has 0 aromatic heterocycles. The second-order valence-electron chi connectivity index (χ2n) is 4.31. The number of carbonyl (C=O) groups excluding carboxylic acids is 1. The standard InChI is InChI=1S/C13H16O2S/c1-9(2)11-5-3-4-6-12(11)13(14)16-10-7-15-8-10/h3-6,9-10H,7-8H2,1-2H3. The van der Waals surface area contributed by atoms with Crippen LogP contribution in [0.4, 0.5) is 0 Å². The van der Waals surface area contributed by atoms with E-state index in [9.17, 15) is 4.79 Å². The van der Waals surface area contributed by atoms with Crippen LogP contribution < -0.4 is 0 Å². The van der Waals surface area contributed by atoms with Gasteiger partial charge in [0.05, 0.1) is 18.5 Å². The largest absolute Gasteiger partial charge is 0.379 e. The number of carbonyl (C=O) groups is 1. The summed E-state index contributed by atoms with van der Waals surface area (Å²) in [5.41, 5.74) is 2.00. The summed E-state index contributed by atoms with van der Waals surface area (Å²) < 4.78 is 5.08. The SMILES string of the molecule is CC(C)c1ccccc1C(=O)SC1COC1. The highest BCUT2D eigenvalue weighted by molar-refractivity contribution is 8.14. The molecular formula is C13H16O2S. The Hall–Kier alpha value is -0.800. The van der Waals surface area contributed by atoms with Crippen molar-refractivity contribution in [3.8, 4) is 0 Å². The minimum absolute atomic E-state index is 0.178. The van der Waals surface area contributed by atoms with Crippen LogP contribution in [-0.2, 0) is 4.74 Å². The lowest BCUT2D eigenvalue weighted by molar-refractivity contribution is 0.0453. The highest BCUT2D eigenvalue weighted by Gasteiger charge is 2.24. The molecule has 16 heavy (non-hydrogen) atoms. The molecule has 1 aromatic rings. The third-order valence-electron chi connectivity index (χ3n) is 2.68. The predicted molar refractivity (Wildman–Crippen MR) is 67.1 cm³/mol. The molecule has 0 bridgehead atoms. The Morgan fingerprint density at radius 3 is 2.62 bits per heavy atom. The molecule has 0 N–H and O–H groups in total. The first-order chi connectivity index (χ1) is 7.68. The maximum atomic E-state index is 12.1. The summed E-state index contributed by atoms with van der Waals surface area (Å²) >= 11 is 1.41. The molecule has 86 valence electrons.